The van der Waals surface area contributed by atoms with Crippen LogP contribution in [0.2, 0.25) is 0 Å². The first-order chi connectivity index (χ1) is 13.4. The Bertz CT molecular complexity index is 923. The predicted molar refractivity (Wildman–Crippen MR) is 108 cm³/mol. The van der Waals surface area contributed by atoms with Gasteiger partial charge < -0.3 is 10.1 Å². The number of nitrogens with one attached hydrogen (secondary N) is 1. The van der Waals surface area contributed by atoms with Gasteiger partial charge in [0.05, 0.1) is 5.69 Å². The lowest BCUT2D eigenvalue weighted by Gasteiger charge is -2.33. The van der Waals surface area contributed by atoms with Crippen molar-refractivity contribution < 1.29 is 19.1 Å². The minimum absolute atomic E-state index is 0.000632. The van der Waals surface area contributed by atoms with E-state index in [1.54, 1.807) is 25.1 Å². The Morgan fingerprint density at radius 1 is 1.18 bits per heavy atom. The van der Waals surface area contributed by atoms with Crippen molar-refractivity contribution in [1.82, 2.24) is 0 Å². The first-order valence-corrected chi connectivity index (χ1v) is 9.41. The highest BCUT2D eigenvalue weighted by Crippen LogP contribution is 2.35. The van der Waals surface area contributed by atoms with Gasteiger partial charge in [-0.1, -0.05) is 25.1 Å². The molecule has 2 aromatic rings. The summed E-state index contributed by atoms with van der Waals surface area (Å²) >= 11 is 0. The molecule has 0 aromatic heterocycles. The zero-order valence-corrected chi connectivity index (χ0v) is 16.3. The van der Waals surface area contributed by atoms with Crippen LogP contribution in [0.15, 0.2) is 42.5 Å². The number of benzene rings is 2. The summed E-state index contributed by atoms with van der Waals surface area (Å²) in [7, 11) is 0. The Morgan fingerprint density at radius 2 is 1.93 bits per heavy atom. The van der Waals surface area contributed by atoms with E-state index in [-0.39, 0.29) is 24.1 Å². The van der Waals surface area contributed by atoms with Crippen LogP contribution in [-0.2, 0) is 9.59 Å². The molecule has 0 spiro atoms. The standard InChI is InChI=1S/C22H24N2O4/c1-4-7-19(25)16-10-11-20-18(12-16)24(22(27)15(3)28-20)13-21(26)23-17-9-6-5-8-14(17)2/h5-6,8-12,15H,4,7,13H2,1-3H3,(H,23,26). The van der Waals surface area contributed by atoms with Crippen LogP contribution in [0.5, 0.6) is 5.75 Å². The molecule has 6 nitrogen and oxygen atoms in total. The molecule has 1 unspecified atom stereocenters. The van der Waals surface area contributed by atoms with Gasteiger partial charge in [-0.2, -0.15) is 0 Å². The zero-order valence-electron chi connectivity index (χ0n) is 16.3. The van der Waals surface area contributed by atoms with Crippen molar-refractivity contribution in [2.24, 2.45) is 0 Å². The molecule has 1 aliphatic heterocycles. The fourth-order valence-electron chi connectivity index (χ4n) is 3.16. The van der Waals surface area contributed by atoms with Crippen LogP contribution in [-0.4, -0.2) is 30.2 Å². The molecule has 6 heteroatoms. The Kier molecular flexibility index (Phi) is 5.78. The summed E-state index contributed by atoms with van der Waals surface area (Å²) in [5.74, 6) is -0.134. The van der Waals surface area contributed by atoms with Gasteiger partial charge in [0, 0.05) is 17.7 Å². The van der Waals surface area contributed by atoms with Crippen molar-refractivity contribution in [2.45, 2.75) is 39.7 Å². The molecule has 2 aromatic carbocycles. The molecule has 0 saturated heterocycles. The molecule has 146 valence electrons. The summed E-state index contributed by atoms with van der Waals surface area (Å²) in [6.45, 7) is 5.33. The van der Waals surface area contributed by atoms with Crippen molar-refractivity contribution in [3.05, 3.63) is 53.6 Å². The summed E-state index contributed by atoms with van der Waals surface area (Å²) in [5.41, 5.74) is 2.60. The second-order valence-electron chi connectivity index (χ2n) is 6.90. The number of para-hydroxylation sites is 1. The molecular formula is C22H24N2O4. The third-order valence-electron chi connectivity index (χ3n) is 4.69. The minimum Gasteiger partial charge on any atom is -0.479 e. The highest BCUT2D eigenvalue weighted by atomic mass is 16.5. The minimum atomic E-state index is -0.698. The molecule has 28 heavy (non-hydrogen) atoms. The van der Waals surface area contributed by atoms with Gasteiger partial charge in [0.1, 0.15) is 12.3 Å². The van der Waals surface area contributed by atoms with Crippen LogP contribution in [0.4, 0.5) is 11.4 Å². The van der Waals surface area contributed by atoms with Gasteiger partial charge in [0.25, 0.3) is 5.91 Å². The van der Waals surface area contributed by atoms with Gasteiger partial charge in [0.15, 0.2) is 11.9 Å². The summed E-state index contributed by atoms with van der Waals surface area (Å²) < 4.78 is 5.65. The van der Waals surface area contributed by atoms with Gasteiger partial charge in [-0.3, -0.25) is 19.3 Å². The highest BCUT2D eigenvalue weighted by Gasteiger charge is 2.33. The average molecular weight is 380 g/mol. The van der Waals surface area contributed by atoms with Crippen molar-refractivity contribution in [3.8, 4) is 5.75 Å². The summed E-state index contributed by atoms with van der Waals surface area (Å²) in [6, 6.07) is 12.5. The van der Waals surface area contributed by atoms with E-state index in [1.807, 2.05) is 38.1 Å². The monoisotopic (exact) mass is 380 g/mol. The molecular weight excluding hydrogens is 356 g/mol. The molecule has 0 aliphatic carbocycles. The topological polar surface area (TPSA) is 75.7 Å². The van der Waals surface area contributed by atoms with E-state index < -0.39 is 6.10 Å². The average Bonchev–Trinajstić information content (AvgIpc) is 2.67. The van der Waals surface area contributed by atoms with E-state index >= 15 is 0 Å². The second-order valence-corrected chi connectivity index (χ2v) is 6.90. The summed E-state index contributed by atoms with van der Waals surface area (Å²) in [5, 5.41) is 2.84. The number of rotatable bonds is 6. The lowest BCUT2D eigenvalue weighted by Crippen LogP contribution is -2.47. The molecule has 2 amide bonds. The maximum atomic E-state index is 12.7. The van der Waals surface area contributed by atoms with E-state index in [0.29, 0.717) is 29.1 Å². The first kappa shape index (κ1) is 19.6. The number of aryl methyl sites for hydroxylation is 1. The highest BCUT2D eigenvalue weighted by molar-refractivity contribution is 6.07. The van der Waals surface area contributed by atoms with Gasteiger partial charge in [-0.25, -0.2) is 0 Å². The smallest absolute Gasteiger partial charge is 0.268 e. The van der Waals surface area contributed by atoms with Crippen molar-refractivity contribution in [2.75, 3.05) is 16.8 Å². The van der Waals surface area contributed by atoms with Gasteiger partial charge >= 0.3 is 0 Å². The Morgan fingerprint density at radius 3 is 2.64 bits per heavy atom. The zero-order chi connectivity index (χ0) is 20.3. The molecule has 1 aliphatic rings. The molecule has 0 fully saturated rings. The van der Waals surface area contributed by atoms with Crippen molar-refractivity contribution in [3.63, 3.8) is 0 Å². The number of nitrogens with zero attached hydrogens (tertiary/aromatic N) is 1. The maximum absolute atomic E-state index is 12.7. The second kappa shape index (κ2) is 8.25. The largest absolute Gasteiger partial charge is 0.479 e. The quantitative estimate of drug-likeness (QED) is 0.775. The van der Waals surface area contributed by atoms with Crippen LogP contribution < -0.4 is 15.0 Å². The van der Waals surface area contributed by atoms with E-state index in [0.717, 1.165) is 12.0 Å². The number of anilines is 2. The van der Waals surface area contributed by atoms with Crippen LogP contribution in [0.25, 0.3) is 0 Å². The van der Waals surface area contributed by atoms with Crippen molar-refractivity contribution in [1.29, 1.82) is 0 Å². The first-order valence-electron chi connectivity index (χ1n) is 9.41. The van der Waals surface area contributed by atoms with Crippen LogP contribution >= 0.6 is 0 Å². The lowest BCUT2D eigenvalue weighted by molar-refractivity contribution is -0.127. The van der Waals surface area contributed by atoms with E-state index in [1.165, 1.54) is 4.90 Å². The van der Waals surface area contributed by atoms with Crippen LogP contribution in [0, 0.1) is 6.92 Å². The molecule has 0 saturated carbocycles. The fourth-order valence-corrected chi connectivity index (χ4v) is 3.16. The van der Waals surface area contributed by atoms with Gasteiger partial charge in [-0.05, 0) is 50.1 Å². The van der Waals surface area contributed by atoms with Crippen LogP contribution in [0.3, 0.4) is 0 Å². The summed E-state index contributed by atoms with van der Waals surface area (Å²) in [6.07, 6.45) is 0.471. The number of hydrogen-bond acceptors (Lipinski definition) is 4. The number of Topliss-reactive ketones (excluding diaryl/α,β-unsaturated/α-hetero) is 1. The van der Waals surface area contributed by atoms with Gasteiger partial charge in [0.2, 0.25) is 5.91 Å². The predicted octanol–water partition coefficient (Wildman–Crippen LogP) is 3.73. The van der Waals surface area contributed by atoms with Gasteiger partial charge in [-0.15, -0.1) is 0 Å². The normalized spacial score (nSPS) is 15.6. The van der Waals surface area contributed by atoms with Crippen LogP contribution in [0.1, 0.15) is 42.6 Å². The van der Waals surface area contributed by atoms with E-state index in [4.69, 9.17) is 4.74 Å². The van der Waals surface area contributed by atoms with Crippen molar-refractivity contribution >= 4 is 29.0 Å². The third-order valence-corrected chi connectivity index (χ3v) is 4.69. The third kappa shape index (κ3) is 4.06. The molecule has 1 atom stereocenters. The number of carbonyl (C=O) groups is 3. The molecule has 3 rings (SSSR count). The fraction of sp³-hybridized carbons (Fsp3) is 0.318. The van der Waals surface area contributed by atoms with E-state index in [9.17, 15) is 14.4 Å². The number of hydrogen-bond donors (Lipinski definition) is 1. The molecule has 0 radical (unpaired) electrons. The molecule has 1 heterocycles. The number of ether oxygens (including phenoxy) is 1. The lowest BCUT2D eigenvalue weighted by atomic mass is 10.0. The Hall–Kier alpha value is -3.15. The Labute approximate surface area is 164 Å². The molecule has 1 N–H and O–H groups in total. The Balaban J connectivity index is 1.87. The number of amides is 2. The molecule has 0 bridgehead atoms. The number of carbonyl (C=O) groups excluding carboxylic acids is 3. The van der Waals surface area contributed by atoms with E-state index in [2.05, 4.69) is 5.32 Å². The number of fused-ring (bicyclic) bond motifs is 1. The summed E-state index contributed by atoms with van der Waals surface area (Å²) in [4.78, 5) is 38.9. The maximum Gasteiger partial charge on any atom is 0.268 e. The number of ketones is 1. The SMILES string of the molecule is CCCC(=O)c1ccc2c(c1)N(CC(=O)Nc1ccccc1C)C(=O)C(C)O2.